The molecular formula is C21H24ClN3O3. The first-order valence-electron chi connectivity index (χ1n) is 9.19. The molecule has 0 saturated carbocycles. The number of methoxy groups -OCH3 is 1. The molecule has 2 N–H and O–H groups in total. The van der Waals surface area contributed by atoms with Gasteiger partial charge in [-0.05, 0) is 48.4 Å². The zero-order chi connectivity index (χ0) is 20.1. The Labute approximate surface area is 169 Å². The van der Waals surface area contributed by atoms with Crippen molar-refractivity contribution in [1.29, 1.82) is 0 Å². The minimum Gasteiger partial charge on any atom is -0.497 e. The minimum atomic E-state index is -0.309. The van der Waals surface area contributed by atoms with E-state index >= 15 is 0 Å². The number of piperidine rings is 1. The molecule has 2 aromatic rings. The second-order valence-electron chi connectivity index (χ2n) is 6.85. The molecule has 0 bridgehead atoms. The van der Waals surface area contributed by atoms with Crippen LogP contribution >= 0.6 is 11.6 Å². The Balaban J connectivity index is 1.73. The van der Waals surface area contributed by atoms with Gasteiger partial charge in [-0.2, -0.15) is 0 Å². The van der Waals surface area contributed by atoms with E-state index in [4.69, 9.17) is 16.3 Å². The third-order valence-corrected chi connectivity index (χ3v) is 5.27. The fourth-order valence-electron chi connectivity index (χ4n) is 3.50. The summed E-state index contributed by atoms with van der Waals surface area (Å²) < 4.78 is 5.23. The number of benzene rings is 2. The Morgan fingerprint density at radius 3 is 2.39 bits per heavy atom. The summed E-state index contributed by atoms with van der Waals surface area (Å²) in [5, 5.41) is 6.46. The van der Waals surface area contributed by atoms with Crippen LogP contribution in [0.2, 0.25) is 5.02 Å². The number of nitrogens with zero attached hydrogens (tertiary/aromatic N) is 1. The van der Waals surface area contributed by atoms with Crippen LogP contribution in [0.25, 0.3) is 0 Å². The van der Waals surface area contributed by atoms with Crippen molar-refractivity contribution in [3.8, 4) is 5.75 Å². The largest absolute Gasteiger partial charge is 0.497 e. The number of hydrogen-bond acceptors (Lipinski definition) is 3. The summed E-state index contributed by atoms with van der Waals surface area (Å²) in [6.45, 7) is 2.70. The number of anilines is 1. The molecular weight excluding hydrogens is 378 g/mol. The van der Waals surface area contributed by atoms with Gasteiger partial charge in [0.1, 0.15) is 5.75 Å². The van der Waals surface area contributed by atoms with Crippen LogP contribution in [0.1, 0.15) is 24.8 Å². The molecule has 1 fully saturated rings. The summed E-state index contributed by atoms with van der Waals surface area (Å²) in [5.74, 6) is 0.908. The fraction of sp³-hybridized carbons (Fsp3) is 0.333. The first kappa shape index (κ1) is 20.0. The Kier molecular flexibility index (Phi) is 6.41. The first-order valence-corrected chi connectivity index (χ1v) is 9.56. The highest BCUT2D eigenvalue weighted by Crippen LogP contribution is 2.30. The molecule has 6 nitrogen and oxygen atoms in total. The van der Waals surface area contributed by atoms with Crippen LogP contribution < -0.4 is 15.4 Å². The highest BCUT2D eigenvalue weighted by atomic mass is 35.5. The molecule has 2 atom stereocenters. The van der Waals surface area contributed by atoms with E-state index in [0.717, 1.165) is 17.7 Å². The highest BCUT2D eigenvalue weighted by Gasteiger charge is 2.32. The quantitative estimate of drug-likeness (QED) is 0.816. The SMILES string of the molecule is COc1ccc([C@H]2CCN(C(C)=O)C[C@@H]2NC(=O)Nc2ccc(Cl)cc2)cc1. The van der Waals surface area contributed by atoms with Crippen molar-refractivity contribution in [2.45, 2.75) is 25.3 Å². The van der Waals surface area contributed by atoms with E-state index in [1.54, 1.807) is 43.2 Å². The normalized spacial score (nSPS) is 19.0. The number of likely N-dealkylation sites (tertiary alicyclic amines) is 1. The predicted octanol–water partition coefficient (Wildman–Crippen LogP) is 3.87. The smallest absolute Gasteiger partial charge is 0.319 e. The van der Waals surface area contributed by atoms with Gasteiger partial charge in [0.2, 0.25) is 5.91 Å². The van der Waals surface area contributed by atoms with Gasteiger partial charge in [-0.3, -0.25) is 4.79 Å². The molecule has 28 heavy (non-hydrogen) atoms. The topological polar surface area (TPSA) is 70.7 Å². The standard InChI is InChI=1S/C21H24ClN3O3/c1-14(26)25-12-11-19(15-3-9-18(28-2)10-4-15)20(13-25)24-21(27)23-17-7-5-16(22)6-8-17/h3-10,19-20H,11-13H2,1-2H3,(H2,23,24,27)/t19-,20+/m1/s1. The Morgan fingerprint density at radius 2 is 1.79 bits per heavy atom. The monoisotopic (exact) mass is 401 g/mol. The maximum atomic E-state index is 12.5. The van der Waals surface area contributed by atoms with Crippen molar-refractivity contribution in [3.05, 3.63) is 59.1 Å². The third kappa shape index (κ3) is 4.95. The van der Waals surface area contributed by atoms with Gasteiger partial charge in [0, 0.05) is 36.6 Å². The molecule has 7 heteroatoms. The lowest BCUT2D eigenvalue weighted by Crippen LogP contribution is -2.53. The lowest BCUT2D eigenvalue weighted by molar-refractivity contribution is -0.130. The third-order valence-electron chi connectivity index (χ3n) is 5.02. The van der Waals surface area contributed by atoms with Gasteiger partial charge in [-0.1, -0.05) is 23.7 Å². The van der Waals surface area contributed by atoms with Crippen molar-refractivity contribution in [1.82, 2.24) is 10.2 Å². The highest BCUT2D eigenvalue weighted by molar-refractivity contribution is 6.30. The first-order chi connectivity index (χ1) is 13.5. The Morgan fingerprint density at radius 1 is 1.11 bits per heavy atom. The maximum Gasteiger partial charge on any atom is 0.319 e. The number of carbonyl (C=O) groups is 2. The van der Waals surface area contributed by atoms with E-state index in [0.29, 0.717) is 23.8 Å². The van der Waals surface area contributed by atoms with Crippen molar-refractivity contribution in [3.63, 3.8) is 0 Å². The minimum absolute atomic E-state index is 0.0121. The summed E-state index contributed by atoms with van der Waals surface area (Å²) in [7, 11) is 1.63. The molecule has 3 rings (SSSR count). The molecule has 0 aliphatic carbocycles. The second kappa shape index (κ2) is 8.97. The van der Waals surface area contributed by atoms with Crippen molar-refractivity contribution < 1.29 is 14.3 Å². The van der Waals surface area contributed by atoms with E-state index in [2.05, 4.69) is 10.6 Å². The lowest BCUT2D eigenvalue weighted by atomic mass is 9.85. The van der Waals surface area contributed by atoms with Crippen LogP contribution in [0.5, 0.6) is 5.75 Å². The maximum absolute atomic E-state index is 12.5. The van der Waals surface area contributed by atoms with Gasteiger partial charge in [0.15, 0.2) is 0 Å². The molecule has 0 aromatic heterocycles. The zero-order valence-electron chi connectivity index (χ0n) is 15.9. The molecule has 1 aliphatic rings. The summed E-state index contributed by atoms with van der Waals surface area (Å²) in [6, 6.07) is 14.3. The second-order valence-corrected chi connectivity index (χ2v) is 7.28. The Hall–Kier alpha value is -2.73. The van der Waals surface area contributed by atoms with E-state index < -0.39 is 0 Å². The number of ether oxygens (including phenoxy) is 1. The average Bonchev–Trinajstić information content (AvgIpc) is 2.69. The van der Waals surface area contributed by atoms with Crippen LogP contribution in [0.3, 0.4) is 0 Å². The molecule has 0 spiro atoms. The fourth-order valence-corrected chi connectivity index (χ4v) is 3.63. The number of hydrogen-bond donors (Lipinski definition) is 2. The zero-order valence-corrected chi connectivity index (χ0v) is 16.7. The van der Waals surface area contributed by atoms with Crippen LogP contribution in [0, 0.1) is 0 Å². The van der Waals surface area contributed by atoms with Crippen LogP contribution in [-0.4, -0.2) is 43.1 Å². The number of amides is 3. The van der Waals surface area contributed by atoms with E-state index in [1.807, 2.05) is 24.3 Å². The van der Waals surface area contributed by atoms with Crippen molar-refractivity contribution in [2.75, 3.05) is 25.5 Å². The molecule has 0 radical (unpaired) electrons. The van der Waals surface area contributed by atoms with E-state index in [1.165, 1.54) is 0 Å². The van der Waals surface area contributed by atoms with Gasteiger partial charge < -0.3 is 20.3 Å². The van der Waals surface area contributed by atoms with Crippen LogP contribution in [0.15, 0.2) is 48.5 Å². The van der Waals surface area contributed by atoms with Gasteiger partial charge in [0.25, 0.3) is 0 Å². The van der Waals surface area contributed by atoms with Gasteiger partial charge >= 0.3 is 6.03 Å². The number of carbonyl (C=O) groups excluding carboxylic acids is 2. The van der Waals surface area contributed by atoms with Crippen LogP contribution in [-0.2, 0) is 4.79 Å². The molecule has 1 heterocycles. The molecule has 3 amide bonds. The molecule has 148 valence electrons. The van der Waals surface area contributed by atoms with E-state index in [-0.39, 0.29) is 23.9 Å². The summed E-state index contributed by atoms with van der Waals surface area (Å²) in [4.78, 5) is 26.2. The summed E-state index contributed by atoms with van der Waals surface area (Å²) >= 11 is 5.88. The molecule has 2 aromatic carbocycles. The number of halogens is 1. The lowest BCUT2D eigenvalue weighted by Gasteiger charge is -2.38. The van der Waals surface area contributed by atoms with E-state index in [9.17, 15) is 9.59 Å². The predicted molar refractivity (Wildman–Crippen MR) is 110 cm³/mol. The number of rotatable bonds is 4. The summed E-state index contributed by atoms with van der Waals surface area (Å²) in [6.07, 6.45) is 0.776. The average molecular weight is 402 g/mol. The van der Waals surface area contributed by atoms with Crippen molar-refractivity contribution in [2.24, 2.45) is 0 Å². The number of urea groups is 1. The molecule has 0 unspecified atom stereocenters. The number of nitrogens with one attached hydrogen (secondary N) is 2. The molecule has 1 aliphatic heterocycles. The van der Waals surface area contributed by atoms with Crippen molar-refractivity contribution >= 4 is 29.2 Å². The summed E-state index contributed by atoms with van der Waals surface area (Å²) in [5.41, 5.74) is 1.77. The molecule has 1 saturated heterocycles. The van der Waals surface area contributed by atoms with Gasteiger partial charge in [-0.15, -0.1) is 0 Å². The van der Waals surface area contributed by atoms with Gasteiger partial charge in [0.05, 0.1) is 13.2 Å². The van der Waals surface area contributed by atoms with Crippen LogP contribution in [0.4, 0.5) is 10.5 Å². The van der Waals surface area contributed by atoms with Gasteiger partial charge in [-0.25, -0.2) is 4.79 Å². The Bertz CT molecular complexity index is 824.